The normalized spacial score (nSPS) is 19.7. The van der Waals surface area contributed by atoms with Crippen molar-refractivity contribution < 1.29 is 14.3 Å². The summed E-state index contributed by atoms with van der Waals surface area (Å²) in [4.78, 5) is 12.9. The van der Waals surface area contributed by atoms with Gasteiger partial charge in [0.15, 0.2) is 12.1 Å². The molecule has 1 fully saturated rings. The first-order valence-corrected chi connectivity index (χ1v) is 10.2. The minimum atomic E-state index is -0.224. The van der Waals surface area contributed by atoms with E-state index in [4.69, 9.17) is 9.47 Å². The predicted molar refractivity (Wildman–Crippen MR) is 114 cm³/mol. The van der Waals surface area contributed by atoms with Crippen molar-refractivity contribution in [3.8, 4) is 0 Å². The molecule has 1 aliphatic rings. The van der Waals surface area contributed by atoms with Gasteiger partial charge in [0.2, 0.25) is 0 Å². The zero-order valence-corrected chi connectivity index (χ0v) is 16.4. The highest BCUT2D eigenvalue weighted by Gasteiger charge is 2.34. The standard InChI is InChI=1S/C26H26O3/c27-24(22-14-8-3-9-15-22)18-23(21-12-6-2-7-13-21)25-19-28-26(29-25)17-16-20-10-4-1-5-11-20/h1-15,23,25-26H,16-19H2. The van der Waals surface area contributed by atoms with Crippen LogP contribution in [-0.2, 0) is 15.9 Å². The first-order valence-electron chi connectivity index (χ1n) is 10.2. The SMILES string of the molecule is O=C(CC(c1ccccc1)C1COC(CCc2ccccc2)O1)c1ccccc1. The lowest BCUT2D eigenvalue weighted by molar-refractivity contribution is -0.0654. The Bertz CT molecular complexity index is 893. The van der Waals surface area contributed by atoms with Crippen LogP contribution in [0.1, 0.15) is 40.2 Å². The van der Waals surface area contributed by atoms with Crippen LogP contribution < -0.4 is 0 Å². The van der Waals surface area contributed by atoms with E-state index in [1.807, 2.05) is 54.6 Å². The molecule has 3 atom stereocenters. The summed E-state index contributed by atoms with van der Waals surface area (Å²) in [6.45, 7) is 0.515. The molecular formula is C26H26O3. The monoisotopic (exact) mass is 386 g/mol. The minimum absolute atomic E-state index is 0.0226. The van der Waals surface area contributed by atoms with Gasteiger partial charge in [-0.15, -0.1) is 0 Å². The molecule has 0 bridgehead atoms. The third kappa shape index (κ3) is 5.20. The Kier molecular flexibility index (Phi) is 6.50. The van der Waals surface area contributed by atoms with Gasteiger partial charge in [0.05, 0.1) is 12.7 Å². The number of ketones is 1. The van der Waals surface area contributed by atoms with Gasteiger partial charge >= 0.3 is 0 Å². The van der Waals surface area contributed by atoms with Crippen molar-refractivity contribution in [3.05, 3.63) is 108 Å². The van der Waals surface area contributed by atoms with Gasteiger partial charge in [-0.3, -0.25) is 4.79 Å². The Balaban J connectivity index is 1.43. The maximum atomic E-state index is 12.9. The predicted octanol–water partition coefficient (Wildman–Crippen LogP) is 5.42. The van der Waals surface area contributed by atoms with Gasteiger partial charge < -0.3 is 9.47 Å². The van der Waals surface area contributed by atoms with E-state index in [2.05, 4.69) is 36.4 Å². The second-order valence-electron chi connectivity index (χ2n) is 7.47. The van der Waals surface area contributed by atoms with Gasteiger partial charge in [0.1, 0.15) is 0 Å². The zero-order chi connectivity index (χ0) is 19.9. The summed E-state index contributed by atoms with van der Waals surface area (Å²) in [5.74, 6) is 0.112. The third-order valence-electron chi connectivity index (χ3n) is 5.46. The average molecular weight is 386 g/mol. The first kappa shape index (κ1) is 19.6. The molecule has 0 saturated carbocycles. The van der Waals surface area contributed by atoms with Crippen molar-refractivity contribution in [2.24, 2.45) is 0 Å². The lowest BCUT2D eigenvalue weighted by Gasteiger charge is -2.22. The summed E-state index contributed by atoms with van der Waals surface area (Å²) in [5, 5.41) is 0. The summed E-state index contributed by atoms with van der Waals surface area (Å²) in [6.07, 6.45) is 1.79. The quantitative estimate of drug-likeness (QED) is 0.485. The average Bonchev–Trinajstić information content (AvgIpc) is 3.26. The molecule has 1 heterocycles. The third-order valence-corrected chi connectivity index (χ3v) is 5.46. The van der Waals surface area contributed by atoms with Crippen molar-refractivity contribution in [2.75, 3.05) is 6.61 Å². The van der Waals surface area contributed by atoms with Gasteiger partial charge in [-0.2, -0.15) is 0 Å². The molecular weight excluding hydrogens is 360 g/mol. The van der Waals surface area contributed by atoms with Crippen LogP contribution in [0.3, 0.4) is 0 Å². The zero-order valence-electron chi connectivity index (χ0n) is 16.4. The lowest BCUT2D eigenvalue weighted by atomic mass is 9.87. The Morgan fingerprint density at radius 1 is 0.862 bits per heavy atom. The fourth-order valence-corrected chi connectivity index (χ4v) is 3.87. The number of benzene rings is 3. The molecule has 4 rings (SSSR count). The molecule has 3 heteroatoms. The summed E-state index contributed by atoms with van der Waals surface area (Å²) in [6, 6.07) is 30.0. The van der Waals surface area contributed by atoms with E-state index >= 15 is 0 Å². The fraction of sp³-hybridized carbons (Fsp3) is 0.269. The number of rotatable bonds is 8. The molecule has 148 valence electrons. The smallest absolute Gasteiger partial charge is 0.163 e. The first-order chi connectivity index (χ1) is 14.3. The van der Waals surface area contributed by atoms with E-state index < -0.39 is 0 Å². The maximum Gasteiger partial charge on any atom is 0.163 e. The highest BCUT2D eigenvalue weighted by molar-refractivity contribution is 5.96. The van der Waals surface area contributed by atoms with E-state index in [1.165, 1.54) is 5.56 Å². The molecule has 3 nitrogen and oxygen atoms in total. The lowest BCUT2D eigenvalue weighted by Crippen LogP contribution is -2.24. The van der Waals surface area contributed by atoms with Crippen LogP contribution in [0.25, 0.3) is 0 Å². The van der Waals surface area contributed by atoms with Crippen molar-refractivity contribution in [2.45, 2.75) is 37.6 Å². The number of aryl methyl sites for hydroxylation is 1. The maximum absolute atomic E-state index is 12.9. The summed E-state index contributed by atoms with van der Waals surface area (Å²) in [5.41, 5.74) is 3.14. The van der Waals surface area contributed by atoms with Crippen LogP contribution in [-0.4, -0.2) is 24.8 Å². The molecule has 0 aliphatic carbocycles. The van der Waals surface area contributed by atoms with E-state index in [9.17, 15) is 4.79 Å². The van der Waals surface area contributed by atoms with Crippen molar-refractivity contribution in [1.29, 1.82) is 0 Å². The van der Waals surface area contributed by atoms with Gasteiger partial charge in [-0.25, -0.2) is 0 Å². The summed E-state index contributed by atoms with van der Waals surface area (Å²) < 4.78 is 12.2. The summed E-state index contributed by atoms with van der Waals surface area (Å²) in [7, 11) is 0. The number of hydrogen-bond donors (Lipinski definition) is 0. The van der Waals surface area contributed by atoms with Crippen LogP contribution >= 0.6 is 0 Å². The highest BCUT2D eigenvalue weighted by atomic mass is 16.7. The van der Waals surface area contributed by atoms with E-state index in [0.717, 1.165) is 24.0 Å². The summed E-state index contributed by atoms with van der Waals surface area (Å²) >= 11 is 0. The molecule has 0 N–H and O–H groups in total. The van der Waals surface area contributed by atoms with Crippen LogP contribution in [0.15, 0.2) is 91.0 Å². The topological polar surface area (TPSA) is 35.5 Å². The van der Waals surface area contributed by atoms with Crippen molar-refractivity contribution >= 4 is 5.78 Å². The molecule has 1 aliphatic heterocycles. The fourth-order valence-electron chi connectivity index (χ4n) is 3.87. The van der Waals surface area contributed by atoms with Gasteiger partial charge in [0, 0.05) is 24.3 Å². The molecule has 0 aromatic heterocycles. The second kappa shape index (κ2) is 9.64. The number of carbonyl (C=O) groups is 1. The molecule has 0 amide bonds. The molecule has 3 aromatic rings. The second-order valence-corrected chi connectivity index (χ2v) is 7.47. The Morgan fingerprint density at radius 2 is 1.48 bits per heavy atom. The van der Waals surface area contributed by atoms with E-state index in [-0.39, 0.29) is 24.1 Å². The molecule has 3 unspecified atom stereocenters. The molecule has 29 heavy (non-hydrogen) atoms. The van der Waals surface area contributed by atoms with Gasteiger partial charge in [-0.1, -0.05) is 91.0 Å². The van der Waals surface area contributed by atoms with Crippen LogP contribution in [0.5, 0.6) is 0 Å². The van der Waals surface area contributed by atoms with Gasteiger partial charge in [-0.05, 0) is 17.5 Å². The van der Waals surface area contributed by atoms with Crippen molar-refractivity contribution in [3.63, 3.8) is 0 Å². The largest absolute Gasteiger partial charge is 0.350 e. The van der Waals surface area contributed by atoms with Crippen LogP contribution in [0, 0.1) is 0 Å². The van der Waals surface area contributed by atoms with Crippen molar-refractivity contribution in [1.82, 2.24) is 0 Å². The van der Waals surface area contributed by atoms with Gasteiger partial charge in [0.25, 0.3) is 0 Å². The van der Waals surface area contributed by atoms with Crippen LogP contribution in [0.4, 0.5) is 0 Å². The molecule has 1 saturated heterocycles. The van der Waals surface area contributed by atoms with E-state index in [1.54, 1.807) is 0 Å². The molecule has 0 radical (unpaired) electrons. The molecule has 3 aromatic carbocycles. The minimum Gasteiger partial charge on any atom is -0.350 e. The Morgan fingerprint density at radius 3 is 2.17 bits per heavy atom. The molecule has 0 spiro atoms. The number of Topliss-reactive ketones (excluding diaryl/α,β-unsaturated/α-hetero) is 1. The Labute approximate surface area is 172 Å². The number of ether oxygens (including phenoxy) is 2. The van der Waals surface area contributed by atoms with Crippen LogP contribution in [0.2, 0.25) is 0 Å². The number of hydrogen-bond acceptors (Lipinski definition) is 3. The highest BCUT2D eigenvalue weighted by Crippen LogP contribution is 2.32. The Hall–Kier alpha value is -2.75. The van der Waals surface area contributed by atoms with E-state index in [0.29, 0.717) is 13.0 Å². The number of carbonyl (C=O) groups excluding carboxylic acids is 1.